The summed E-state index contributed by atoms with van der Waals surface area (Å²) in [5.74, 6) is 0.369. The van der Waals surface area contributed by atoms with Crippen LogP contribution in [0, 0.1) is 5.82 Å². The van der Waals surface area contributed by atoms with E-state index in [0.29, 0.717) is 16.8 Å². The standard InChI is InChI=1S/C14H16BrFN2O/c1-14(2,3)17-7-9-8-18-19-13(9)11-5-4-10(16)6-12(11)15/h4-6,8,17H,7H2,1-3H3. The number of nitrogens with one attached hydrogen (secondary N) is 1. The van der Waals surface area contributed by atoms with Gasteiger partial charge in [0.15, 0.2) is 5.76 Å². The molecule has 0 bridgehead atoms. The fourth-order valence-electron chi connectivity index (χ4n) is 1.64. The lowest BCUT2D eigenvalue weighted by molar-refractivity contribution is 0.418. The van der Waals surface area contributed by atoms with Crippen LogP contribution >= 0.6 is 15.9 Å². The van der Waals surface area contributed by atoms with Gasteiger partial charge in [-0.3, -0.25) is 0 Å². The first-order valence-electron chi connectivity index (χ1n) is 6.01. The van der Waals surface area contributed by atoms with E-state index < -0.39 is 0 Å². The summed E-state index contributed by atoms with van der Waals surface area (Å²) in [6.07, 6.45) is 1.68. The fraction of sp³-hybridized carbons (Fsp3) is 0.357. The molecule has 0 amide bonds. The van der Waals surface area contributed by atoms with Crippen molar-refractivity contribution in [2.24, 2.45) is 0 Å². The maximum atomic E-state index is 13.1. The second-order valence-electron chi connectivity index (χ2n) is 5.41. The van der Waals surface area contributed by atoms with Gasteiger partial charge in [0, 0.05) is 27.7 Å². The van der Waals surface area contributed by atoms with Gasteiger partial charge in [-0.05, 0) is 54.9 Å². The topological polar surface area (TPSA) is 38.1 Å². The normalized spacial score (nSPS) is 11.8. The van der Waals surface area contributed by atoms with Gasteiger partial charge in [-0.25, -0.2) is 4.39 Å². The Morgan fingerprint density at radius 2 is 2.11 bits per heavy atom. The Bertz CT molecular complexity index is 575. The van der Waals surface area contributed by atoms with Gasteiger partial charge >= 0.3 is 0 Å². The van der Waals surface area contributed by atoms with Gasteiger partial charge in [0.2, 0.25) is 0 Å². The summed E-state index contributed by atoms with van der Waals surface area (Å²) >= 11 is 3.35. The van der Waals surface area contributed by atoms with Crippen molar-refractivity contribution in [3.05, 3.63) is 40.2 Å². The van der Waals surface area contributed by atoms with Crippen LogP contribution in [-0.4, -0.2) is 10.7 Å². The van der Waals surface area contributed by atoms with Crippen LogP contribution in [0.4, 0.5) is 4.39 Å². The molecule has 19 heavy (non-hydrogen) atoms. The average Bonchev–Trinajstić information content (AvgIpc) is 2.73. The van der Waals surface area contributed by atoms with Crippen molar-refractivity contribution in [2.75, 3.05) is 0 Å². The highest BCUT2D eigenvalue weighted by molar-refractivity contribution is 9.10. The van der Waals surface area contributed by atoms with Crippen LogP contribution in [0.15, 0.2) is 33.4 Å². The van der Waals surface area contributed by atoms with Gasteiger partial charge < -0.3 is 9.84 Å². The second-order valence-corrected chi connectivity index (χ2v) is 6.26. The summed E-state index contributed by atoms with van der Waals surface area (Å²) < 4.78 is 19.1. The summed E-state index contributed by atoms with van der Waals surface area (Å²) in [6.45, 7) is 6.92. The predicted molar refractivity (Wildman–Crippen MR) is 76.2 cm³/mol. The molecule has 0 spiro atoms. The molecule has 1 N–H and O–H groups in total. The molecular formula is C14H16BrFN2O. The van der Waals surface area contributed by atoms with Crippen LogP contribution in [0.2, 0.25) is 0 Å². The minimum absolute atomic E-state index is 0.00850. The van der Waals surface area contributed by atoms with E-state index in [0.717, 1.165) is 11.1 Å². The van der Waals surface area contributed by atoms with E-state index in [2.05, 4.69) is 47.2 Å². The van der Waals surface area contributed by atoms with Crippen molar-refractivity contribution in [1.29, 1.82) is 0 Å². The SMILES string of the molecule is CC(C)(C)NCc1cnoc1-c1ccc(F)cc1Br. The quantitative estimate of drug-likeness (QED) is 0.921. The van der Waals surface area contributed by atoms with Crippen LogP contribution < -0.4 is 5.32 Å². The van der Waals surface area contributed by atoms with Crippen LogP contribution in [0.1, 0.15) is 26.3 Å². The highest BCUT2D eigenvalue weighted by Crippen LogP contribution is 2.31. The zero-order chi connectivity index (χ0) is 14.0. The Kier molecular flexibility index (Phi) is 4.06. The lowest BCUT2D eigenvalue weighted by Gasteiger charge is -2.20. The molecule has 0 fully saturated rings. The van der Waals surface area contributed by atoms with Crippen LogP contribution in [0.3, 0.4) is 0 Å². The van der Waals surface area contributed by atoms with Gasteiger partial charge in [-0.2, -0.15) is 0 Å². The van der Waals surface area contributed by atoms with Crippen molar-refractivity contribution in [1.82, 2.24) is 10.5 Å². The summed E-state index contributed by atoms with van der Waals surface area (Å²) in [6, 6.07) is 4.50. The lowest BCUT2D eigenvalue weighted by Crippen LogP contribution is -2.35. The highest BCUT2D eigenvalue weighted by Gasteiger charge is 2.16. The Morgan fingerprint density at radius 1 is 1.37 bits per heavy atom. The predicted octanol–water partition coefficient (Wildman–Crippen LogP) is 4.13. The van der Waals surface area contributed by atoms with Gasteiger partial charge in [0.25, 0.3) is 0 Å². The van der Waals surface area contributed by atoms with Crippen LogP contribution in [-0.2, 0) is 6.54 Å². The van der Waals surface area contributed by atoms with Gasteiger partial charge in [-0.15, -0.1) is 0 Å². The lowest BCUT2D eigenvalue weighted by atomic mass is 10.1. The summed E-state index contributed by atoms with van der Waals surface area (Å²) in [7, 11) is 0. The van der Waals surface area contributed by atoms with Crippen molar-refractivity contribution in [3.63, 3.8) is 0 Å². The minimum Gasteiger partial charge on any atom is -0.356 e. The fourth-order valence-corrected chi connectivity index (χ4v) is 2.17. The van der Waals surface area contributed by atoms with Crippen molar-refractivity contribution in [2.45, 2.75) is 32.9 Å². The first-order chi connectivity index (χ1) is 8.87. The molecule has 0 saturated carbocycles. The molecule has 0 radical (unpaired) electrons. The largest absolute Gasteiger partial charge is 0.356 e. The van der Waals surface area contributed by atoms with E-state index in [1.54, 1.807) is 12.3 Å². The molecule has 3 nitrogen and oxygen atoms in total. The molecule has 2 aromatic rings. The van der Waals surface area contributed by atoms with E-state index >= 15 is 0 Å². The first-order valence-corrected chi connectivity index (χ1v) is 6.80. The molecule has 0 aliphatic carbocycles. The second kappa shape index (κ2) is 5.43. The monoisotopic (exact) mass is 326 g/mol. The zero-order valence-corrected chi connectivity index (χ0v) is 12.7. The third-order valence-corrected chi connectivity index (χ3v) is 3.29. The molecule has 2 rings (SSSR count). The zero-order valence-electron chi connectivity index (χ0n) is 11.1. The molecule has 0 saturated heterocycles. The van der Waals surface area contributed by atoms with Gasteiger partial charge in [0.05, 0.1) is 6.20 Å². The molecule has 1 aromatic carbocycles. The number of benzene rings is 1. The molecule has 5 heteroatoms. The van der Waals surface area contributed by atoms with Crippen LogP contribution in [0.5, 0.6) is 0 Å². The maximum Gasteiger partial charge on any atom is 0.172 e. The van der Waals surface area contributed by atoms with E-state index in [1.165, 1.54) is 12.1 Å². The summed E-state index contributed by atoms with van der Waals surface area (Å²) in [5, 5.41) is 7.21. The molecule has 1 heterocycles. The van der Waals surface area contributed by atoms with Crippen molar-refractivity contribution < 1.29 is 8.91 Å². The molecule has 1 aromatic heterocycles. The molecule has 0 atom stereocenters. The highest BCUT2D eigenvalue weighted by atomic mass is 79.9. The number of aromatic nitrogens is 1. The number of halogens is 2. The van der Waals surface area contributed by atoms with E-state index in [-0.39, 0.29) is 11.4 Å². The smallest absolute Gasteiger partial charge is 0.172 e. The minimum atomic E-state index is -0.287. The van der Waals surface area contributed by atoms with E-state index in [9.17, 15) is 4.39 Å². The van der Waals surface area contributed by atoms with Crippen molar-refractivity contribution >= 4 is 15.9 Å². The van der Waals surface area contributed by atoms with E-state index in [4.69, 9.17) is 4.52 Å². The Balaban J connectivity index is 2.28. The Morgan fingerprint density at radius 3 is 2.74 bits per heavy atom. The third kappa shape index (κ3) is 3.64. The number of hydrogen-bond acceptors (Lipinski definition) is 3. The Labute approximate surface area is 120 Å². The van der Waals surface area contributed by atoms with Gasteiger partial charge in [0.1, 0.15) is 5.82 Å². The molecule has 102 valence electrons. The average molecular weight is 327 g/mol. The maximum absolute atomic E-state index is 13.1. The third-order valence-electron chi connectivity index (χ3n) is 2.63. The van der Waals surface area contributed by atoms with E-state index in [1.807, 2.05) is 0 Å². The molecule has 0 aliphatic heterocycles. The van der Waals surface area contributed by atoms with Crippen molar-refractivity contribution in [3.8, 4) is 11.3 Å². The Hall–Kier alpha value is -1.20. The molecule has 0 aliphatic rings. The summed E-state index contributed by atoms with van der Waals surface area (Å²) in [4.78, 5) is 0. The number of nitrogens with zero attached hydrogens (tertiary/aromatic N) is 1. The number of rotatable bonds is 3. The first kappa shape index (κ1) is 14.2. The summed E-state index contributed by atoms with van der Waals surface area (Å²) in [5.41, 5.74) is 1.75. The number of hydrogen-bond donors (Lipinski definition) is 1. The molecular weight excluding hydrogens is 311 g/mol. The van der Waals surface area contributed by atoms with Gasteiger partial charge in [-0.1, -0.05) is 5.16 Å². The molecule has 0 unspecified atom stereocenters. The van der Waals surface area contributed by atoms with Crippen LogP contribution in [0.25, 0.3) is 11.3 Å².